The van der Waals surface area contributed by atoms with Crippen molar-refractivity contribution in [1.82, 2.24) is 4.98 Å². The minimum atomic E-state index is 0.531. The summed E-state index contributed by atoms with van der Waals surface area (Å²) in [6, 6.07) is 1.88. The summed E-state index contributed by atoms with van der Waals surface area (Å²) in [6.45, 7) is 2.50. The molecule has 0 radical (unpaired) electrons. The normalized spacial score (nSPS) is 10.9. The zero-order chi connectivity index (χ0) is 8.97. The lowest BCUT2D eigenvalue weighted by Gasteiger charge is -1.98. The highest BCUT2D eigenvalue weighted by Crippen LogP contribution is 2.12. The molecule has 0 aliphatic carbocycles. The molecule has 1 rings (SSSR count). The summed E-state index contributed by atoms with van der Waals surface area (Å²) >= 11 is 5.74. The van der Waals surface area contributed by atoms with E-state index in [1.54, 1.807) is 6.20 Å². The Kier molecular flexibility index (Phi) is 3.26. The molecule has 2 nitrogen and oxygen atoms in total. The predicted molar refractivity (Wildman–Crippen MR) is 52.1 cm³/mol. The fraction of sp³-hybridized carbons (Fsp3) is 0.222. The minimum absolute atomic E-state index is 0.531. The van der Waals surface area contributed by atoms with Crippen LogP contribution in [0.25, 0.3) is 6.08 Å². The molecule has 0 saturated heterocycles. The van der Waals surface area contributed by atoms with E-state index in [0.29, 0.717) is 11.6 Å². The van der Waals surface area contributed by atoms with Crippen molar-refractivity contribution in [3.63, 3.8) is 0 Å². The van der Waals surface area contributed by atoms with Crippen molar-refractivity contribution < 1.29 is 0 Å². The smallest absolute Gasteiger partial charge is 0.0657 e. The number of aryl methyl sites for hydroxylation is 1. The van der Waals surface area contributed by atoms with Crippen molar-refractivity contribution in [2.75, 3.05) is 6.54 Å². The number of aromatic nitrogens is 1. The summed E-state index contributed by atoms with van der Waals surface area (Å²) in [5, 5.41) is 0.664. The van der Waals surface area contributed by atoms with Crippen molar-refractivity contribution in [1.29, 1.82) is 0 Å². The highest BCUT2D eigenvalue weighted by molar-refractivity contribution is 6.30. The van der Waals surface area contributed by atoms with E-state index in [1.165, 1.54) is 0 Å². The number of nitrogens with zero attached hydrogens (tertiary/aromatic N) is 1. The second kappa shape index (κ2) is 4.24. The monoisotopic (exact) mass is 182 g/mol. The zero-order valence-electron chi connectivity index (χ0n) is 6.92. The largest absolute Gasteiger partial charge is 0.327 e. The molecule has 0 spiro atoms. The van der Waals surface area contributed by atoms with E-state index < -0.39 is 0 Å². The van der Waals surface area contributed by atoms with Gasteiger partial charge in [0.25, 0.3) is 0 Å². The van der Waals surface area contributed by atoms with Gasteiger partial charge in [-0.2, -0.15) is 0 Å². The Morgan fingerprint density at radius 3 is 3.00 bits per heavy atom. The number of rotatable bonds is 2. The fourth-order valence-electron chi connectivity index (χ4n) is 0.905. The van der Waals surface area contributed by atoms with Crippen molar-refractivity contribution in [2.45, 2.75) is 6.92 Å². The van der Waals surface area contributed by atoms with Crippen LogP contribution in [0.1, 0.15) is 11.3 Å². The highest BCUT2D eigenvalue weighted by atomic mass is 35.5. The van der Waals surface area contributed by atoms with Gasteiger partial charge in [0.15, 0.2) is 0 Å². The van der Waals surface area contributed by atoms with Gasteiger partial charge in [-0.05, 0) is 24.6 Å². The molecule has 12 heavy (non-hydrogen) atoms. The number of nitrogens with two attached hydrogens (primary N) is 1. The molecule has 0 aromatic carbocycles. The first kappa shape index (κ1) is 9.23. The van der Waals surface area contributed by atoms with E-state index in [2.05, 4.69) is 4.98 Å². The average molecular weight is 183 g/mol. The van der Waals surface area contributed by atoms with Gasteiger partial charge >= 0.3 is 0 Å². The first-order valence-corrected chi connectivity index (χ1v) is 4.10. The van der Waals surface area contributed by atoms with E-state index in [0.717, 1.165) is 11.3 Å². The summed E-state index contributed by atoms with van der Waals surface area (Å²) in [5.41, 5.74) is 7.30. The quantitative estimate of drug-likeness (QED) is 0.760. The molecular formula is C9H11ClN2. The third-order valence-corrected chi connectivity index (χ3v) is 1.70. The molecule has 1 aromatic heterocycles. The number of hydrogen-bond donors (Lipinski definition) is 1. The van der Waals surface area contributed by atoms with Gasteiger partial charge in [-0.1, -0.05) is 17.7 Å². The summed E-state index contributed by atoms with van der Waals surface area (Å²) in [6.07, 6.45) is 5.39. The molecular weight excluding hydrogens is 172 g/mol. The summed E-state index contributed by atoms with van der Waals surface area (Å²) in [7, 11) is 0. The van der Waals surface area contributed by atoms with Crippen LogP contribution < -0.4 is 5.73 Å². The van der Waals surface area contributed by atoms with Crippen molar-refractivity contribution in [3.05, 3.63) is 34.6 Å². The molecule has 0 bridgehead atoms. The molecule has 0 amide bonds. The van der Waals surface area contributed by atoms with Gasteiger partial charge < -0.3 is 5.73 Å². The Morgan fingerprint density at radius 2 is 2.42 bits per heavy atom. The number of hydrogen-bond acceptors (Lipinski definition) is 2. The van der Waals surface area contributed by atoms with Crippen LogP contribution in [0.5, 0.6) is 0 Å². The minimum Gasteiger partial charge on any atom is -0.327 e. The van der Waals surface area contributed by atoms with Gasteiger partial charge in [0.05, 0.1) is 10.7 Å². The molecule has 0 aliphatic heterocycles. The lowest BCUT2D eigenvalue weighted by Crippen LogP contribution is -1.93. The Hall–Kier alpha value is -0.860. The van der Waals surface area contributed by atoms with Gasteiger partial charge in [0.2, 0.25) is 0 Å². The van der Waals surface area contributed by atoms with Gasteiger partial charge in [-0.15, -0.1) is 0 Å². The van der Waals surface area contributed by atoms with Gasteiger partial charge in [0, 0.05) is 12.7 Å². The van der Waals surface area contributed by atoms with Crippen molar-refractivity contribution in [3.8, 4) is 0 Å². The first-order chi connectivity index (χ1) is 5.74. The maximum atomic E-state index is 5.74. The van der Waals surface area contributed by atoms with Crippen molar-refractivity contribution in [2.24, 2.45) is 5.73 Å². The maximum Gasteiger partial charge on any atom is 0.0657 e. The lowest BCUT2D eigenvalue weighted by atomic mass is 10.2. The van der Waals surface area contributed by atoms with Gasteiger partial charge in [-0.3, -0.25) is 4.98 Å². The second-order valence-electron chi connectivity index (χ2n) is 2.49. The van der Waals surface area contributed by atoms with E-state index >= 15 is 0 Å². The third kappa shape index (κ3) is 2.32. The SMILES string of the molecule is Cc1cc(Cl)cnc1C=CCN. The number of pyridine rings is 1. The third-order valence-electron chi connectivity index (χ3n) is 1.50. The van der Waals surface area contributed by atoms with Crippen LogP contribution in [-0.4, -0.2) is 11.5 Å². The fourth-order valence-corrected chi connectivity index (χ4v) is 1.12. The molecule has 2 N–H and O–H groups in total. The maximum absolute atomic E-state index is 5.74. The molecule has 1 aromatic rings. The summed E-state index contributed by atoms with van der Waals surface area (Å²) < 4.78 is 0. The second-order valence-corrected chi connectivity index (χ2v) is 2.93. The molecule has 64 valence electrons. The standard InChI is InChI=1S/C9H11ClN2/c1-7-5-8(10)6-12-9(7)3-2-4-11/h2-3,5-6H,4,11H2,1H3. The van der Waals surface area contributed by atoms with E-state index in [9.17, 15) is 0 Å². The Labute approximate surface area is 77.1 Å². The van der Waals surface area contributed by atoms with Crippen LogP contribution in [0.4, 0.5) is 0 Å². The molecule has 3 heteroatoms. The molecule has 0 unspecified atom stereocenters. The Bertz CT molecular complexity index is 295. The zero-order valence-corrected chi connectivity index (χ0v) is 7.67. The lowest BCUT2D eigenvalue weighted by molar-refractivity contribution is 1.22. The van der Waals surface area contributed by atoms with Crippen LogP contribution in [0.3, 0.4) is 0 Å². The highest BCUT2D eigenvalue weighted by Gasteiger charge is 1.95. The first-order valence-electron chi connectivity index (χ1n) is 3.73. The van der Waals surface area contributed by atoms with Crippen LogP contribution in [-0.2, 0) is 0 Å². The summed E-state index contributed by atoms with van der Waals surface area (Å²) in [4.78, 5) is 4.14. The number of halogens is 1. The Morgan fingerprint density at radius 1 is 1.67 bits per heavy atom. The van der Waals surface area contributed by atoms with Gasteiger partial charge in [-0.25, -0.2) is 0 Å². The molecule has 0 saturated carbocycles. The van der Waals surface area contributed by atoms with E-state index in [1.807, 2.05) is 25.1 Å². The van der Waals surface area contributed by atoms with Crippen LogP contribution in [0, 0.1) is 6.92 Å². The van der Waals surface area contributed by atoms with Crippen LogP contribution in [0.15, 0.2) is 18.3 Å². The molecule has 0 atom stereocenters. The van der Waals surface area contributed by atoms with Crippen LogP contribution >= 0.6 is 11.6 Å². The summed E-state index contributed by atoms with van der Waals surface area (Å²) in [5.74, 6) is 0. The van der Waals surface area contributed by atoms with E-state index in [4.69, 9.17) is 17.3 Å². The van der Waals surface area contributed by atoms with Crippen LogP contribution in [0.2, 0.25) is 5.02 Å². The Balaban J connectivity index is 2.94. The molecule has 1 heterocycles. The average Bonchev–Trinajstić information content (AvgIpc) is 2.03. The predicted octanol–water partition coefficient (Wildman–Crippen LogP) is 2.02. The topological polar surface area (TPSA) is 38.9 Å². The van der Waals surface area contributed by atoms with Gasteiger partial charge in [0.1, 0.15) is 0 Å². The van der Waals surface area contributed by atoms with Crippen molar-refractivity contribution >= 4 is 17.7 Å². The molecule has 0 aliphatic rings. The molecule has 0 fully saturated rings. The van der Waals surface area contributed by atoms with E-state index in [-0.39, 0.29) is 0 Å².